The van der Waals surface area contributed by atoms with Crippen LogP contribution in [0.25, 0.3) is 0 Å². The third-order valence-corrected chi connectivity index (χ3v) is 3.09. The lowest BCUT2D eigenvalue weighted by atomic mass is 10.1. The minimum Gasteiger partial charge on any atom is -0.369 e. The molecule has 3 heteroatoms. The molecule has 1 N–H and O–H groups in total. The number of aryl methyl sites for hydroxylation is 1. The van der Waals surface area contributed by atoms with Crippen molar-refractivity contribution in [3.63, 3.8) is 0 Å². The highest BCUT2D eigenvalue weighted by Gasteiger charge is 2.08. The Bertz CT molecular complexity index is 301. The van der Waals surface area contributed by atoms with E-state index in [0.717, 1.165) is 18.9 Å². The van der Waals surface area contributed by atoms with Gasteiger partial charge in [0.05, 0.1) is 0 Å². The predicted octanol–water partition coefficient (Wildman–Crippen LogP) is 2.29. The topological polar surface area (TPSA) is 28.2 Å². The maximum atomic E-state index is 4.33. The number of anilines is 1. The van der Waals surface area contributed by atoms with Crippen LogP contribution in [-0.4, -0.2) is 36.1 Å². The van der Waals surface area contributed by atoms with Crippen molar-refractivity contribution >= 4 is 5.82 Å². The zero-order valence-corrected chi connectivity index (χ0v) is 10.1. The van der Waals surface area contributed by atoms with Crippen molar-refractivity contribution in [3.8, 4) is 0 Å². The van der Waals surface area contributed by atoms with Gasteiger partial charge in [-0.2, -0.15) is 0 Å². The van der Waals surface area contributed by atoms with E-state index in [4.69, 9.17) is 0 Å². The molecule has 1 aliphatic heterocycles. The summed E-state index contributed by atoms with van der Waals surface area (Å²) in [5.74, 6) is 0.989. The second kappa shape index (κ2) is 5.85. The Hall–Kier alpha value is -1.09. The Morgan fingerprint density at radius 2 is 2.06 bits per heavy atom. The molecule has 1 fully saturated rings. The van der Waals surface area contributed by atoms with Crippen molar-refractivity contribution in [3.05, 3.63) is 23.9 Å². The molecule has 0 unspecified atom stereocenters. The van der Waals surface area contributed by atoms with Gasteiger partial charge in [0.1, 0.15) is 5.82 Å². The first-order valence-corrected chi connectivity index (χ1v) is 6.23. The summed E-state index contributed by atoms with van der Waals surface area (Å²) in [5.41, 5.74) is 1.21. The Balaban J connectivity index is 1.69. The molecule has 16 heavy (non-hydrogen) atoms. The molecule has 1 saturated heterocycles. The van der Waals surface area contributed by atoms with Crippen LogP contribution in [0.15, 0.2) is 18.3 Å². The first kappa shape index (κ1) is 11.4. The van der Waals surface area contributed by atoms with Crippen LogP contribution >= 0.6 is 0 Å². The number of piperidine rings is 1. The van der Waals surface area contributed by atoms with Crippen LogP contribution < -0.4 is 5.32 Å². The highest BCUT2D eigenvalue weighted by molar-refractivity contribution is 5.34. The van der Waals surface area contributed by atoms with Gasteiger partial charge in [-0.1, -0.05) is 12.5 Å². The molecular formula is C13H21N3. The summed E-state index contributed by atoms with van der Waals surface area (Å²) in [5, 5.41) is 3.37. The van der Waals surface area contributed by atoms with E-state index in [2.05, 4.69) is 28.2 Å². The number of hydrogen-bond acceptors (Lipinski definition) is 3. The van der Waals surface area contributed by atoms with Crippen LogP contribution in [0.4, 0.5) is 5.82 Å². The highest BCUT2D eigenvalue weighted by atomic mass is 15.1. The third kappa shape index (κ3) is 3.49. The molecule has 88 valence electrons. The fourth-order valence-corrected chi connectivity index (χ4v) is 2.10. The Labute approximate surface area is 97.9 Å². The standard InChI is InChI=1S/C13H21N3/c1-12-5-6-13(15-11-12)14-7-10-16-8-3-2-4-9-16/h5-6,11H,2-4,7-10H2,1H3,(H,14,15). The molecule has 0 saturated carbocycles. The number of aromatic nitrogens is 1. The van der Waals surface area contributed by atoms with E-state index in [1.54, 1.807) is 0 Å². The number of nitrogens with one attached hydrogen (secondary N) is 1. The Morgan fingerprint density at radius 3 is 2.75 bits per heavy atom. The van der Waals surface area contributed by atoms with Gasteiger partial charge < -0.3 is 10.2 Å². The molecule has 0 bridgehead atoms. The lowest BCUT2D eigenvalue weighted by molar-refractivity contribution is 0.237. The number of pyridine rings is 1. The number of hydrogen-bond donors (Lipinski definition) is 1. The predicted molar refractivity (Wildman–Crippen MR) is 67.8 cm³/mol. The fourth-order valence-electron chi connectivity index (χ4n) is 2.10. The minimum atomic E-state index is 0.989. The van der Waals surface area contributed by atoms with Crippen molar-refractivity contribution in [2.24, 2.45) is 0 Å². The number of rotatable bonds is 4. The molecule has 0 amide bonds. The molecule has 0 atom stereocenters. The average Bonchev–Trinajstić information content (AvgIpc) is 2.33. The third-order valence-electron chi connectivity index (χ3n) is 3.09. The highest BCUT2D eigenvalue weighted by Crippen LogP contribution is 2.08. The number of nitrogens with zero attached hydrogens (tertiary/aromatic N) is 2. The lowest BCUT2D eigenvalue weighted by Gasteiger charge is -2.26. The molecule has 1 aromatic heterocycles. The molecule has 0 aliphatic carbocycles. The van der Waals surface area contributed by atoms with Crippen LogP contribution in [0.1, 0.15) is 24.8 Å². The average molecular weight is 219 g/mol. The van der Waals surface area contributed by atoms with Gasteiger partial charge in [0.25, 0.3) is 0 Å². The molecule has 2 heterocycles. The van der Waals surface area contributed by atoms with Crippen LogP contribution in [-0.2, 0) is 0 Å². The van der Waals surface area contributed by atoms with Gasteiger partial charge in [-0.15, -0.1) is 0 Å². The van der Waals surface area contributed by atoms with Crippen molar-refractivity contribution in [1.82, 2.24) is 9.88 Å². The normalized spacial score (nSPS) is 17.3. The lowest BCUT2D eigenvalue weighted by Crippen LogP contribution is -2.33. The SMILES string of the molecule is Cc1ccc(NCCN2CCCCC2)nc1. The summed E-state index contributed by atoms with van der Waals surface area (Å²) in [7, 11) is 0. The maximum Gasteiger partial charge on any atom is 0.125 e. The molecule has 3 nitrogen and oxygen atoms in total. The fraction of sp³-hybridized carbons (Fsp3) is 0.615. The summed E-state index contributed by atoms with van der Waals surface area (Å²) in [6.07, 6.45) is 6.04. The van der Waals surface area contributed by atoms with Crippen molar-refractivity contribution < 1.29 is 0 Å². The monoisotopic (exact) mass is 219 g/mol. The van der Waals surface area contributed by atoms with Crippen LogP contribution in [0, 0.1) is 6.92 Å². The Morgan fingerprint density at radius 1 is 1.25 bits per heavy atom. The molecule has 0 radical (unpaired) electrons. The first-order valence-electron chi connectivity index (χ1n) is 6.23. The summed E-state index contributed by atoms with van der Waals surface area (Å²) in [4.78, 5) is 6.86. The zero-order valence-electron chi connectivity index (χ0n) is 10.1. The summed E-state index contributed by atoms with van der Waals surface area (Å²) in [6.45, 7) is 6.72. The van der Waals surface area contributed by atoms with Gasteiger partial charge in [-0.3, -0.25) is 0 Å². The van der Waals surface area contributed by atoms with Gasteiger partial charge in [0.2, 0.25) is 0 Å². The van der Waals surface area contributed by atoms with E-state index in [0.29, 0.717) is 0 Å². The molecule has 0 aromatic carbocycles. The second-order valence-electron chi connectivity index (χ2n) is 4.55. The van der Waals surface area contributed by atoms with Gasteiger partial charge in [-0.25, -0.2) is 4.98 Å². The van der Waals surface area contributed by atoms with Crippen molar-refractivity contribution in [2.45, 2.75) is 26.2 Å². The quantitative estimate of drug-likeness (QED) is 0.842. The van der Waals surface area contributed by atoms with Crippen molar-refractivity contribution in [1.29, 1.82) is 0 Å². The zero-order chi connectivity index (χ0) is 11.2. The van der Waals surface area contributed by atoms with Gasteiger partial charge >= 0.3 is 0 Å². The summed E-state index contributed by atoms with van der Waals surface area (Å²) < 4.78 is 0. The van der Waals surface area contributed by atoms with E-state index in [1.165, 1.54) is 37.9 Å². The summed E-state index contributed by atoms with van der Waals surface area (Å²) >= 11 is 0. The summed E-state index contributed by atoms with van der Waals surface area (Å²) in [6, 6.07) is 4.14. The van der Waals surface area contributed by atoms with Crippen LogP contribution in [0.2, 0.25) is 0 Å². The van der Waals surface area contributed by atoms with Crippen LogP contribution in [0.3, 0.4) is 0 Å². The van der Waals surface area contributed by atoms with E-state index >= 15 is 0 Å². The molecule has 1 aromatic rings. The van der Waals surface area contributed by atoms with Crippen LogP contribution in [0.5, 0.6) is 0 Å². The molecule has 0 spiro atoms. The minimum absolute atomic E-state index is 0.989. The second-order valence-corrected chi connectivity index (χ2v) is 4.55. The first-order chi connectivity index (χ1) is 7.84. The van der Waals surface area contributed by atoms with Gasteiger partial charge in [0, 0.05) is 19.3 Å². The Kier molecular flexibility index (Phi) is 4.17. The van der Waals surface area contributed by atoms with Gasteiger partial charge in [0.15, 0.2) is 0 Å². The molecule has 1 aliphatic rings. The molecular weight excluding hydrogens is 198 g/mol. The smallest absolute Gasteiger partial charge is 0.125 e. The molecule has 2 rings (SSSR count). The van der Waals surface area contributed by atoms with E-state index in [1.807, 2.05) is 12.3 Å². The van der Waals surface area contributed by atoms with E-state index in [-0.39, 0.29) is 0 Å². The maximum absolute atomic E-state index is 4.33. The van der Waals surface area contributed by atoms with E-state index < -0.39 is 0 Å². The van der Waals surface area contributed by atoms with Gasteiger partial charge in [-0.05, 0) is 44.5 Å². The number of likely N-dealkylation sites (tertiary alicyclic amines) is 1. The van der Waals surface area contributed by atoms with Crippen molar-refractivity contribution in [2.75, 3.05) is 31.5 Å². The largest absolute Gasteiger partial charge is 0.369 e. The van der Waals surface area contributed by atoms with E-state index in [9.17, 15) is 0 Å².